The van der Waals surface area contributed by atoms with E-state index in [-0.39, 0.29) is 5.56 Å². The molecule has 0 aliphatic heterocycles. The molecule has 0 atom stereocenters. The number of nitrogens with zero attached hydrogens (tertiary/aromatic N) is 2. The molecular formula is C18H17N3O2. The largest absolute Gasteiger partial charge is 0.478 e. The van der Waals surface area contributed by atoms with Crippen LogP contribution in [0.3, 0.4) is 0 Å². The van der Waals surface area contributed by atoms with Gasteiger partial charge in [-0.05, 0) is 35.9 Å². The number of nitrogens with one attached hydrogen (secondary N) is 1. The zero-order valence-electron chi connectivity index (χ0n) is 12.9. The fourth-order valence-electron chi connectivity index (χ4n) is 2.37. The maximum Gasteiger partial charge on any atom is 0.335 e. The molecule has 5 heteroatoms. The van der Waals surface area contributed by atoms with Gasteiger partial charge in [0, 0.05) is 25.3 Å². The standard InChI is InChI=1S/C18H17N3O2/c1-21(2)15-8-6-12(7-9-15)16-11-17(20-19-16)13-4-3-5-14(10-13)18(22)23/h3-11H,1-2H3,(H,19,20)(H,22,23). The van der Waals surface area contributed by atoms with Crippen LogP contribution in [0.5, 0.6) is 0 Å². The lowest BCUT2D eigenvalue weighted by atomic mass is 10.1. The second-order valence-electron chi connectivity index (χ2n) is 5.49. The quantitative estimate of drug-likeness (QED) is 0.774. The van der Waals surface area contributed by atoms with Gasteiger partial charge in [-0.3, -0.25) is 5.10 Å². The van der Waals surface area contributed by atoms with Crippen molar-refractivity contribution in [1.82, 2.24) is 10.2 Å². The van der Waals surface area contributed by atoms with Crippen molar-refractivity contribution in [3.63, 3.8) is 0 Å². The van der Waals surface area contributed by atoms with Crippen molar-refractivity contribution in [2.75, 3.05) is 19.0 Å². The third-order valence-corrected chi connectivity index (χ3v) is 3.68. The van der Waals surface area contributed by atoms with Crippen LogP contribution in [-0.2, 0) is 0 Å². The van der Waals surface area contributed by atoms with Gasteiger partial charge >= 0.3 is 5.97 Å². The molecule has 2 aromatic carbocycles. The molecule has 1 aromatic heterocycles. The molecule has 2 N–H and O–H groups in total. The summed E-state index contributed by atoms with van der Waals surface area (Å²) in [6, 6.07) is 16.8. The fraction of sp³-hybridized carbons (Fsp3) is 0.111. The monoisotopic (exact) mass is 307 g/mol. The maximum atomic E-state index is 11.1. The van der Waals surface area contributed by atoms with Gasteiger partial charge in [0.2, 0.25) is 0 Å². The summed E-state index contributed by atoms with van der Waals surface area (Å²) in [6.45, 7) is 0. The summed E-state index contributed by atoms with van der Waals surface area (Å²) in [6.07, 6.45) is 0. The molecule has 5 nitrogen and oxygen atoms in total. The van der Waals surface area contributed by atoms with Crippen molar-refractivity contribution in [3.05, 3.63) is 60.2 Å². The van der Waals surface area contributed by atoms with Gasteiger partial charge < -0.3 is 10.0 Å². The first kappa shape index (κ1) is 14.8. The van der Waals surface area contributed by atoms with Crippen LogP contribution >= 0.6 is 0 Å². The third-order valence-electron chi connectivity index (χ3n) is 3.68. The first-order valence-corrected chi connectivity index (χ1v) is 7.21. The summed E-state index contributed by atoms with van der Waals surface area (Å²) in [7, 11) is 4.00. The van der Waals surface area contributed by atoms with Gasteiger partial charge in [-0.1, -0.05) is 24.3 Å². The topological polar surface area (TPSA) is 69.2 Å². The van der Waals surface area contributed by atoms with Crippen LogP contribution < -0.4 is 4.90 Å². The fourth-order valence-corrected chi connectivity index (χ4v) is 2.37. The van der Waals surface area contributed by atoms with Crippen LogP contribution in [0.25, 0.3) is 22.5 Å². The smallest absolute Gasteiger partial charge is 0.335 e. The van der Waals surface area contributed by atoms with E-state index in [1.807, 2.05) is 55.4 Å². The Morgan fingerprint density at radius 1 is 1.04 bits per heavy atom. The predicted molar refractivity (Wildman–Crippen MR) is 90.7 cm³/mol. The molecule has 116 valence electrons. The van der Waals surface area contributed by atoms with Crippen LogP contribution in [0.15, 0.2) is 54.6 Å². The Bertz CT molecular complexity index is 835. The first-order valence-electron chi connectivity index (χ1n) is 7.21. The van der Waals surface area contributed by atoms with E-state index in [1.165, 1.54) is 0 Å². The maximum absolute atomic E-state index is 11.1. The van der Waals surface area contributed by atoms with Crippen molar-refractivity contribution in [1.29, 1.82) is 0 Å². The Labute approximate surface area is 134 Å². The first-order chi connectivity index (χ1) is 11.0. The minimum Gasteiger partial charge on any atom is -0.478 e. The zero-order chi connectivity index (χ0) is 16.4. The van der Waals surface area contributed by atoms with Crippen LogP contribution in [0.1, 0.15) is 10.4 Å². The Morgan fingerprint density at radius 3 is 2.43 bits per heavy atom. The van der Waals surface area contributed by atoms with E-state index < -0.39 is 5.97 Å². The zero-order valence-corrected chi connectivity index (χ0v) is 12.9. The highest BCUT2D eigenvalue weighted by molar-refractivity contribution is 5.89. The van der Waals surface area contributed by atoms with Crippen molar-refractivity contribution in [2.24, 2.45) is 0 Å². The molecule has 0 amide bonds. The number of anilines is 1. The molecule has 0 fully saturated rings. The lowest BCUT2D eigenvalue weighted by Gasteiger charge is -2.12. The summed E-state index contributed by atoms with van der Waals surface area (Å²) in [4.78, 5) is 13.1. The number of aromatic carboxylic acids is 1. The average Bonchev–Trinajstić information content (AvgIpc) is 3.05. The predicted octanol–water partition coefficient (Wildman–Crippen LogP) is 3.51. The lowest BCUT2D eigenvalue weighted by molar-refractivity contribution is 0.0697. The van der Waals surface area contributed by atoms with Crippen LogP contribution in [-0.4, -0.2) is 35.4 Å². The average molecular weight is 307 g/mol. The Balaban J connectivity index is 1.91. The molecular weight excluding hydrogens is 290 g/mol. The van der Waals surface area contributed by atoms with Gasteiger partial charge in [0.25, 0.3) is 0 Å². The van der Waals surface area contributed by atoms with Gasteiger partial charge in [-0.2, -0.15) is 5.10 Å². The van der Waals surface area contributed by atoms with Crippen LogP contribution in [0, 0.1) is 0 Å². The SMILES string of the molecule is CN(C)c1ccc(-c2cc(-c3cccc(C(=O)O)c3)n[nH]2)cc1. The number of H-pyrrole nitrogens is 1. The highest BCUT2D eigenvalue weighted by Crippen LogP contribution is 2.25. The molecule has 3 rings (SSSR count). The molecule has 0 saturated carbocycles. The molecule has 1 heterocycles. The van der Waals surface area contributed by atoms with Gasteiger partial charge in [-0.15, -0.1) is 0 Å². The van der Waals surface area contributed by atoms with Crippen LogP contribution in [0.4, 0.5) is 5.69 Å². The molecule has 23 heavy (non-hydrogen) atoms. The lowest BCUT2D eigenvalue weighted by Crippen LogP contribution is -2.07. The second kappa shape index (κ2) is 5.96. The Hall–Kier alpha value is -3.08. The number of carboxylic acid groups (broad SMARTS) is 1. The Kier molecular flexibility index (Phi) is 3.85. The van der Waals surface area contributed by atoms with E-state index >= 15 is 0 Å². The summed E-state index contributed by atoms with van der Waals surface area (Å²) >= 11 is 0. The van der Waals surface area contributed by atoms with Gasteiger partial charge in [-0.25, -0.2) is 4.79 Å². The van der Waals surface area contributed by atoms with Crippen LogP contribution in [0.2, 0.25) is 0 Å². The summed E-state index contributed by atoms with van der Waals surface area (Å²) in [5.74, 6) is -0.943. The van der Waals surface area contributed by atoms with Gasteiger partial charge in [0.15, 0.2) is 0 Å². The number of aromatic nitrogens is 2. The molecule has 0 unspecified atom stereocenters. The van der Waals surface area contributed by atoms with Gasteiger partial charge in [0.05, 0.1) is 17.0 Å². The summed E-state index contributed by atoms with van der Waals surface area (Å²) in [5.41, 5.74) is 4.80. The number of rotatable bonds is 4. The number of benzene rings is 2. The van der Waals surface area contributed by atoms with Crippen molar-refractivity contribution >= 4 is 11.7 Å². The molecule has 0 aliphatic carbocycles. The summed E-state index contributed by atoms with van der Waals surface area (Å²) < 4.78 is 0. The minimum absolute atomic E-state index is 0.252. The number of carbonyl (C=O) groups is 1. The van der Waals surface area contributed by atoms with Crippen molar-refractivity contribution in [2.45, 2.75) is 0 Å². The van der Waals surface area contributed by atoms with E-state index in [0.717, 1.165) is 28.2 Å². The molecule has 0 spiro atoms. The minimum atomic E-state index is -0.943. The molecule has 0 radical (unpaired) electrons. The highest BCUT2D eigenvalue weighted by atomic mass is 16.4. The number of hydrogen-bond donors (Lipinski definition) is 2. The number of carboxylic acids is 1. The van der Waals surface area contributed by atoms with Gasteiger partial charge in [0.1, 0.15) is 0 Å². The third kappa shape index (κ3) is 3.08. The highest BCUT2D eigenvalue weighted by Gasteiger charge is 2.09. The van der Waals surface area contributed by atoms with E-state index in [4.69, 9.17) is 5.11 Å². The Morgan fingerprint density at radius 2 is 1.78 bits per heavy atom. The molecule has 0 saturated heterocycles. The van der Waals surface area contributed by atoms with Crippen molar-refractivity contribution in [3.8, 4) is 22.5 Å². The van der Waals surface area contributed by atoms with E-state index in [1.54, 1.807) is 18.2 Å². The summed E-state index contributed by atoms with van der Waals surface area (Å²) in [5, 5.41) is 16.4. The number of hydrogen-bond acceptors (Lipinski definition) is 3. The second-order valence-corrected chi connectivity index (χ2v) is 5.49. The molecule has 3 aromatic rings. The van der Waals surface area contributed by atoms with Crippen molar-refractivity contribution < 1.29 is 9.90 Å². The van der Waals surface area contributed by atoms with E-state index in [2.05, 4.69) is 10.2 Å². The normalized spacial score (nSPS) is 10.5. The molecule has 0 aliphatic rings. The van der Waals surface area contributed by atoms with E-state index in [9.17, 15) is 4.79 Å². The number of aromatic amines is 1. The molecule has 0 bridgehead atoms. The van der Waals surface area contributed by atoms with E-state index in [0.29, 0.717) is 0 Å².